The highest BCUT2D eigenvalue weighted by atomic mass is 16.5. The first-order valence-corrected chi connectivity index (χ1v) is 7.30. The lowest BCUT2D eigenvalue weighted by Crippen LogP contribution is -2.21. The van der Waals surface area contributed by atoms with Gasteiger partial charge in [0.1, 0.15) is 5.75 Å². The van der Waals surface area contributed by atoms with Crippen molar-refractivity contribution in [1.29, 1.82) is 0 Å². The van der Waals surface area contributed by atoms with Gasteiger partial charge in [0.2, 0.25) is 5.95 Å². The molecule has 3 rings (SSSR count). The smallest absolute Gasteiger partial charge is 0.247 e. The fourth-order valence-corrected chi connectivity index (χ4v) is 2.35. The van der Waals surface area contributed by atoms with Crippen molar-refractivity contribution in [2.45, 2.75) is 19.8 Å². The van der Waals surface area contributed by atoms with E-state index < -0.39 is 0 Å². The van der Waals surface area contributed by atoms with Crippen LogP contribution in [0.3, 0.4) is 0 Å². The molecule has 6 heteroatoms. The van der Waals surface area contributed by atoms with Crippen molar-refractivity contribution in [3.63, 3.8) is 0 Å². The van der Waals surface area contributed by atoms with E-state index in [0.717, 1.165) is 24.5 Å². The largest absolute Gasteiger partial charge is 0.494 e. The van der Waals surface area contributed by atoms with E-state index in [1.807, 2.05) is 31.2 Å². The van der Waals surface area contributed by atoms with Gasteiger partial charge in [-0.15, -0.1) is 5.10 Å². The van der Waals surface area contributed by atoms with Gasteiger partial charge in [0, 0.05) is 18.8 Å². The molecule has 0 spiro atoms. The van der Waals surface area contributed by atoms with Crippen LogP contribution in [0.2, 0.25) is 0 Å². The monoisotopic (exact) mass is 285 g/mol. The summed E-state index contributed by atoms with van der Waals surface area (Å²) < 4.78 is 5.43. The zero-order valence-corrected chi connectivity index (χ0v) is 12.1. The standard InChI is InChI=1S/C15H19N5O/c1-2-21-13-7-5-12(6-8-13)17-14-11-16-19-15(18-14)20-9-3-4-10-20/h5-8,11H,2-4,9-10H2,1H3,(H,17,18,19). The van der Waals surface area contributed by atoms with Crippen LogP contribution >= 0.6 is 0 Å². The predicted molar refractivity (Wildman–Crippen MR) is 82.2 cm³/mol. The third kappa shape index (κ3) is 3.39. The highest BCUT2D eigenvalue weighted by Gasteiger charge is 2.15. The number of aromatic nitrogens is 3. The van der Waals surface area contributed by atoms with E-state index in [4.69, 9.17) is 4.74 Å². The SMILES string of the molecule is CCOc1ccc(Nc2cnnc(N3CCCC3)n2)cc1. The van der Waals surface area contributed by atoms with Gasteiger partial charge in [-0.25, -0.2) is 0 Å². The Kier molecular flexibility index (Phi) is 4.14. The molecular weight excluding hydrogens is 266 g/mol. The van der Waals surface area contributed by atoms with Crippen molar-refractivity contribution < 1.29 is 4.74 Å². The molecule has 1 aromatic carbocycles. The second kappa shape index (κ2) is 6.39. The summed E-state index contributed by atoms with van der Waals surface area (Å²) in [5.41, 5.74) is 0.950. The molecule has 2 heterocycles. The minimum absolute atomic E-state index is 0.668. The topological polar surface area (TPSA) is 63.2 Å². The van der Waals surface area contributed by atoms with Gasteiger partial charge >= 0.3 is 0 Å². The van der Waals surface area contributed by atoms with Crippen LogP contribution in [0, 0.1) is 0 Å². The molecule has 0 atom stereocenters. The highest BCUT2D eigenvalue weighted by molar-refractivity contribution is 5.57. The fourth-order valence-electron chi connectivity index (χ4n) is 2.35. The lowest BCUT2D eigenvalue weighted by atomic mass is 10.3. The van der Waals surface area contributed by atoms with Gasteiger partial charge in [-0.05, 0) is 44.0 Å². The van der Waals surface area contributed by atoms with Gasteiger partial charge in [0.25, 0.3) is 0 Å². The number of nitrogens with zero attached hydrogens (tertiary/aromatic N) is 4. The zero-order chi connectivity index (χ0) is 14.5. The molecule has 1 saturated heterocycles. The summed E-state index contributed by atoms with van der Waals surface area (Å²) in [4.78, 5) is 6.68. The quantitative estimate of drug-likeness (QED) is 0.911. The molecule has 6 nitrogen and oxygen atoms in total. The lowest BCUT2D eigenvalue weighted by molar-refractivity contribution is 0.340. The molecule has 0 bridgehead atoms. The number of anilines is 3. The van der Waals surface area contributed by atoms with E-state index in [-0.39, 0.29) is 0 Å². The number of hydrogen-bond donors (Lipinski definition) is 1. The van der Waals surface area contributed by atoms with Crippen LogP contribution in [0.5, 0.6) is 5.75 Å². The van der Waals surface area contributed by atoms with Gasteiger partial charge in [-0.2, -0.15) is 10.1 Å². The van der Waals surface area contributed by atoms with Crippen LogP contribution < -0.4 is 15.0 Å². The Labute approximate surface area is 124 Å². The molecular formula is C15H19N5O. The Bertz CT molecular complexity index is 581. The Morgan fingerprint density at radius 2 is 1.95 bits per heavy atom. The molecule has 110 valence electrons. The van der Waals surface area contributed by atoms with E-state index in [1.54, 1.807) is 6.20 Å². The van der Waals surface area contributed by atoms with Gasteiger partial charge < -0.3 is 15.0 Å². The fraction of sp³-hybridized carbons (Fsp3) is 0.400. The van der Waals surface area contributed by atoms with Gasteiger partial charge in [0.05, 0.1) is 12.8 Å². The van der Waals surface area contributed by atoms with E-state index in [2.05, 4.69) is 25.4 Å². The van der Waals surface area contributed by atoms with Gasteiger partial charge in [-0.1, -0.05) is 0 Å². The number of ether oxygens (including phenoxy) is 1. The molecule has 0 saturated carbocycles. The number of hydrogen-bond acceptors (Lipinski definition) is 6. The molecule has 0 aliphatic carbocycles. The average molecular weight is 285 g/mol. The van der Waals surface area contributed by atoms with Crippen molar-refractivity contribution >= 4 is 17.5 Å². The zero-order valence-electron chi connectivity index (χ0n) is 12.1. The molecule has 0 radical (unpaired) electrons. The maximum Gasteiger partial charge on any atom is 0.247 e. The summed E-state index contributed by atoms with van der Waals surface area (Å²) in [5, 5.41) is 11.4. The molecule has 0 amide bonds. The lowest BCUT2D eigenvalue weighted by Gasteiger charge is -2.15. The second-order valence-corrected chi connectivity index (χ2v) is 4.92. The van der Waals surface area contributed by atoms with Crippen LogP contribution in [0.4, 0.5) is 17.5 Å². The third-order valence-corrected chi connectivity index (χ3v) is 3.37. The van der Waals surface area contributed by atoms with E-state index in [0.29, 0.717) is 18.4 Å². The molecule has 1 aliphatic heterocycles. The second-order valence-electron chi connectivity index (χ2n) is 4.92. The van der Waals surface area contributed by atoms with E-state index in [1.165, 1.54) is 12.8 Å². The first-order chi connectivity index (χ1) is 10.3. The van der Waals surface area contributed by atoms with Crippen molar-refractivity contribution in [2.75, 3.05) is 29.9 Å². The minimum atomic E-state index is 0.668. The highest BCUT2D eigenvalue weighted by Crippen LogP contribution is 2.20. The maximum atomic E-state index is 5.43. The summed E-state index contributed by atoms with van der Waals surface area (Å²) in [6.07, 6.45) is 4.02. The maximum absolute atomic E-state index is 5.43. The molecule has 0 unspecified atom stereocenters. The van der Waals surface area contributed by atoms with Crippen LogP contribution in [-0.4, -0.2) is 34.9 Å². The molecule has 1 N–H and O–H groups in total. The summed E-state index contributed by atoms with van der Waals surface area (Å²) in [7, 11) is 0. The van der Waals surface area contributed by atoms with Crippen molar-refractivity contribution in [1.82, 2.24) is 15.2 Å². The Morgan fingerprint density at radius 1 is 1.19 bits per heavy atom. The third-order valence-electron chi connectivity index (χ3n) is 3.37. The van der Waals surface area contributed by atoms with Crippen LogP contribution in [0.25, 0.3) is 0 Å². The minimum Gasteiger partial charge on any atom is -0.494 e. The molecule has 1 aromatic heterocycles. The first-order valence-electron chi connectivity index (χ1n) is 7.30. The molecule has 2 aromatic rings. The van der Waals surface area contributed by atoms with Crippen molar-refractivity contribution in [3.05, 3.63) is 30.5 Å². The predicted octanol–water partition coefficient (Wildman–Crippen LogP) is 2.61. The number of benzene rings is 1. The normalized spacial score (nSPS) is 14.2. The van der Waals surface area contributed by atoms with Crippen LogP contribution in [0.1, 0.15) is 19.8 Å². The summed E-state index contributed by atoms with van der Waals surface area (Å²) >= 11 is 0. The Morgan fingerprint density at radius 3 is 2.67 bits per heavy atom. The Hall–Kier alpha value is -2.37. The van der Waals surface area contributed by atoms with Gasteiger partial charge in [-0.3, -0.25) is 0 Å². The summed E-state index contributed by atoms with van der Waals surface area (Å²) in [6.45, 7) is 4.66. The van der Waals surface area contributed by atoms with Crippen molar-refractivity contribution in [2.24, 2.45) is 0 Å². The van der Waals surface area contributed by atoms with E-state index in [9.17, 15) is 0 Å². The molecule has 1 aliphatic rings. The van der Waals surface area contributed by atoms with E-state index >= 15 is 0 Å². The summed E-state index contributed by atoms with van der Waals surface area (Å²) in [6, 6.07) is 7.79. The molecule has 21 heavy (non-hydrogen) atoms. The van der Waals surface area contributed by atoms with Crippen molar-refractivity contribution in [3.8, 4) is 5.75 Å². The Balaban J connectivity index is 1.70. The number of rotatable bonds is 5. The molecule has 1 fully saturated rings. The summed E-state index contributed by atoms with van der Waals surface area (Å²) in [5.74, 6) is 2.26. The average Bonchev–Trinajstić information content (AvgIpc) is 3.04. The van der Waals surface area contributed by atoms with Gasteiger partial charge in [0.15, 0.2) is 5.82 Å². The van der Waals surface area contributed by atoms with Crippen LogP contribution in [0.15, 0.2) is 30.5 Å². The van der Waals surface area contributed by atoms with Crippen LogP contribution in [-0.2, 0) is 0 Å². The first kappa shape index (κ1) is 13.6. The number of nitrogens with one attached hydrogen (secondary N) is 1.